The van der Waals surface area contributed by atoms with Crippen LogP contribution < -0.4 is 0 Å². The number of hydrogen-bond acceptors (Lipinski definition) is 4. The predicted octanol–water partition coefficient (Wildman–Crippen LogP) is 3.42. The molecule has 0 aromatic rings. The Morgan fingerprint density at radius 1 is 0.722 bits per heavy atom. The van der Waals surface area contributed by atoms with E-state index in [0.717, 1.165) is 0 Å². The molecule has 0 atom stereocenters. The van der Waals surface area contributed by atoms with Gasteiger partial charge in [-0.1, -0.05) is 29.1 Å². The first kappa shape index (κ1) is 18.9. The largest absolute Gasteiger partial charge is 0.449 e. The van der Waals surface area contributed by atoms with Crippen molar-refractivity contribution in [2.24, 2.45) is 0 Å². The van der Waals surface area contributed by atoms with Crippen LogP contribution in [0.1, 0.15) is 34.6 Å². The normalized spacial score (nSPS) is 13.3. The molecule has 0 saturated carbocycles. The number of hydrogen-bond donors (Lipinski definition) is 0. The first-order valence-corrected chi connectivity index (χ1v) is 12.1. The van der Waals surface area contributed by atoms with Gasteiger partial charge in [-0.05, 0) is 27.7 Å². The first-order valence-electron chi connectivity index (χ1n) is 6.33. The van der Waals surface area contributed by atoms with E-state index in [4.69, 9.17) is 39.9 Å². The fourth-order valence-corrected chi connectivity index (χ4v) is 11.4. The van der Waals surface area contributed by atoms with Crippen LogP contribution in [0, 0.1) is 0 Å². The minimum absolute atomic E-state index is 0.242. The van der Waals surface area contributed by atoms with Gasteiger partial charge in [-0.25, -0.2) is 0 Å². The zero-order valence-electron chi connectivity index (χ0n) is 11.8. The molecule has 0 unspecified atom stereocenters. The van der Waals surface area contributed by atoms with Gasteiger partial charge in [-0.2, -0.15) is 0 Å². The highest BCUT2D eigenvalue weighted by Gasteiger charge is 2.58. The second kappa shape index (κ2) is 8.91. The molecule has 0 radical (unpaired) electrons. The maximum absolute atomic E-state index is 6.53. The summed E-state index contributed by atoms with van der Waals surface area (Å²) in [6.07, 6.45) is 0. The topological polar surface area (TPSA) is 36.9 Å². The van der Waals surface area contributed by atoms with Gasteiger partial charge in [0.05, 0.1) is 5.16 Å². The third-order valence-electron chi connectivity index (χ3n) is 2.40. The molecule has 0 aliphatic carbocycles. The Morgan fingerprint density at radius 3 is 1.11 bits per heavy atom. The lowest BCUT2D eigenvalue weighted by molar-refractivity contribution is 0.173. The van der Waals surface area contributed by atoms with E-state index in [2.05, 4.69) is 0 Å². The average Bonchev–Trinajstić information content (AvgIpc) is 2.29. The molecular formula is C10H24Cl2O4Si2. The quantitative estimate of drug-likeness (QED) is 0.453. The van der Waals surface area contributed by atoms with Gasteiger partial charge < -0.3 is 17.7 Å². The summed E-state index contributed by atoms with van der Waals surface area (Å²) in [7, 11) is -5.82. The fraction of sp³-hybridized carbons (Fsp3) is 1.00. The first-order chi connectivity index (χ1) is 8.40. The molecule has 0 bridgehead atoms. The van der Waals surface area contributed by atoms with E-state index in [0.29, 0.717) is 26.4 Å². The molecule has 8 heteroatoms. The summed E-state index contributed by atoms with van der Waals surface area (Å²) in [5, 5.41) is -0.242. The van der Waals surface area contributed by atoms with Gasteiger partial charge in [-0.3, -0.25) is 0 Å². The highest BCUT2D eigenvalue weighted by atomic mass is 35.6. The summed E-state index contributed by atoms with van der Waals surface area (Å²) in [6, 6.07) is 0. The van der Waals surface area contributed by atoms with Crippen molar-refractivity contribution in [3.05, 3.63) is 0 Å². The summed E-state index contributed by atoms with van der Waals surface area (Å²) in [4.78, 5) is 0. The van der Waals surface area contributed by atoms with E-state index < -0.39 is 15.7 Å². The molecule has 0 aromatic heterocycles. The number of rotatable bonds is 10. The van der Waals surface area contributed by atoms with Crippen molar-refractivity contribution in [2.75, 3.05) is 26.4 Å². The van der Waals surface area contributed by atoms with Crippen LogP contribution in [0.4, 0.5) is 0 Å². The van der Waals surface area contributed by atoms with Crippen molar-refractivity contribution in [1.82, 2.24) is 0 Å². The van der Waals surface area contributed by atoms with Crippen LogP contribution in [0.5, 0.6) is 0 Å². The minimum Gasteiger partial charge on any atom is -0.383 e. The molecule has 4 nitrogen and oxygen atoms in total. The van der Waals surface area contributed by atoms with Crippen LogP contribution in [0.15, 0.2) is 0 Å². The van der Waals surface area contributed by atoms with Crippen molar-refractivity contribution >= 4 is 37.9 Å². The van der Waals surface area contributed by atoms with Crippen LogP contribution in [0.2, 0.25) is 5.16 Å². The van der Waals surface area contributed by atoms with Crippen LogP contribution >= 0.6 is 22.2 Å². The molecule has 18 heavy (non-hydrogen) atoms. The van der Waals surface area contributed by atoms with E-state index >= 15 is 0 Å². The van der Waals surface area contributed by atoms with Crippen LogP contribution in [0.25, 0.3) is 0 Å². The third kappa shape index (κ3) is 5.09. The van der Waals surface area contributed by atoms with Crippen LogP contribution in [0.3, 0.4) is 0 Å². The maximum Gasteiger partial charge on any atom is 0.449 e. The Kier molecular flexibility index (Phi) is 9.34. The Hall–Kier alpha value is 0.854. The van der Waals surface area contributed by atoms with Crippen LogP contribution in [-0.2, 0) is 17.7 Å². The second-order valence-electron chi connectivity index (χ2n) is 3.62. The molecule has 0 spiro atoms. The zero-order chi connectivity index (χ0) is 14.2. The fourth-order valence-electron chi connectivity index (χ4n) is 1.58. The summed E-state index contributed by atoms with van der Waals surface area (Å²) >= 11 is 13.1. The Balaban J connectivity index is 5.04. The molecule has 0 fully saturated rings. The third-order valence-corrected chi connectivity index (χ3v) is 13.8. The molecule has 0 aromatic carbocycles. The zero-order valence-corrected chi connectivity index (χ0v) is 15.3. The Morgan fingerprint density at radius 2 is 0.944 bits per heavy atom. The van der Waals surface area contributed by atoms with Gasteiger partial charge in [0.2, 0.25) is 0 Å². The molecule has 110 valence electrons. The lowest BCUT2D eigenvalue weighted by Gasteiger charge is -2.36. The Labute approximate surface area is 122 Å². The summed E-state index contributed by atoms with van der Waals surface area (Å²) in [6.45, 7) is 11.4. The maximum atomic E-state index is 6.53. The average molecular weight is 335 g/mol. The highest BCUT2D eigenvalue weighted by Crippen LogP contribution is 2.39. The summed E-state index contributed by atoms with van der Waals surface area (Å²) in [5.41, 5.74) is 0. The van der Waals surface area contributed by atoms with Gasteiger partial charge >= 0.3 is 15.7 Å². The number of halogens is 2. The molecular weight excluding hydrogens is 311 g/mol. The molecule has 0 N–H and O–H groups in total. The molecule has 0 rings (SSSR count). The van der Waals surface area contributed by atoms with E-state index in [1.807, 2.05) is 34.6 Å². The predicted molar refractivity (Wildman–Crippen MR) is 79.1 cm³/mol. The van der Waals surface area contributed by atoms with Crippen molar-refractivity contribution in [3.8, 4) is 0 Å². The van der Waals surface area contributed by atoms with E-state index in [9.17, 15) is 0 Å². The standard InChI is InChI=1S/C10H24Cl2O4Si2/c1-6-13-17(11,14-7-2)10(5)18(12,15-8-3)16-9-4/h10H,6-9H2,1-5H3. The van der Waals surface area contributed by atoms with Gasteiger partial charge in [0, 0.05) is 26.4 Å². The second-order valence-corrected chi connectivity index (χ2v) is 12.6. The van der Waals surface area contributed by atoms with E-state index in [1.165, 1.54) is 0 Å². The molecule has 0 saturated heterocycles. The lowest BCUT2D eigenvalue weighted by Crippen LogP contribution is -2.54. The Bertz CT molecular complexity index is 200. The van der Waals surface area contributed by atoms with E-state index in [1.54, 1.807) is 0 Å². The highest BCUT2D eigenvalue weighted by molar-refractivity contribution is 7.26. The lowest BCUT2D eigenvalue weighted by atomic mass is 10.9. The monoisotopic (exact) mass is 334 g/mol. The van der Waals surface area contributed by atoms with E-state index in [-0.39, 0.29) is 5.16 Å². The van der Waals surface area contributed by atoms with Gasteiger partial charge in [0.15, 0.2) is 0 Å². The minimum atomic E-state index is -2.91. The van der Waals surface area contributed by atoms with Crippen molar-refractivity contribution in [2.45, 2.75) is 39.8 Å². The molecule has 0 heterocycles. The molecule has 0 aliphatic rings. The summed E-state index contributed by atoms with van der Waals surface area (Å²) < 4.78 is 22.6. The SMILES string of the molecule is CCO[Si](Cl)(OCC)C(C)[Si](Cl)(OCC)OCC. The van der Waals surface area contributed by atoms with Gasteiger partial charge in [-0.15, -0.1) is 0 Å². The van der Waals surface area contributed by atoms with Gasteiger partial charge in [0.25, 0.3) is 0 Å². The summed E-state index contributed by atoms with van der Waals surface area (Å²) in [5.74, 6) is 0. The van der Waals surface area contributed by atoms with Crippen molar-refractivity contribution in [1.29, 1.82) is 0 Å². The van der Waals surface area contributed by atoms with Gasteiger partial charge in [0.1, 0.15) is 0 Å². The molecule has 0 aliphatic heterocycles. The smallest absolute Gasteiger partial charge is 0.383 e. The molecule has 0 amide bonds. The van der Waals surface area contributed by atoms with Crippen LogP contribution in [-0.4, -0.2) is 42.2 Å². The van der Waals surface area contributed by atoms with Crippen molar-refractivity contribution < 1.29 is 17.7 Å². The van der Waals surface area contributed by atoms with Crippen molar-refractivity contribution in [3.63, 3.8) is 0 Å².